The smallest absolute Gasteiger partial charge is 0.343 e. The second-order valence-corrected chi connectivity index (χ2v) is 8.10. The van der Waals surface area contributed by atoms with Crippen molar-refractivity contribution in [2.45, 2.75) is 6.92 Å². The minimum absolute atomic E-state index is 0.350. The summed E-state index contributed by atoms with van der Waals surface area (Å²) in [5, 5.41) is 7.56. The van der Waals surface area contributed by atoms with Gasteiger partial charge in [0, 0.05) is 16.0 Å². The third kappa shape index (κ3) is 5.97. The molecule has 33 heavy (non-hydrogen) atoms. The van der Waals surface area contributed by atoms with Gasteiger partial charge in [-0.05, 0) is 55.0 Å². The van der Waals surface area contributed by atoms with Gasteiger partial charge in [-0.25, -0.2) is 9.78 Å². The summed E-state index contributed by atoms with van der Waals surface area (Å²) in [4.78, 5) is 16.9. The number of rotatable bonds is 8. The van der Waals surface area contributed by atoms with Gasteiger partial charge in [-0.3, -0.25) is 5.43 Å². The lowest BCUT2D eigenvalue weighted by molar-refractivity contribution is 0.0728. The molecule has 0 unspecified atom stereocenters. The quantitative estimate of drug-likeness (QED) is 0.135. The van der Waals surface area contributed by atoms with Gasteiger partial charge in [0.25, 0.3) is 0 Å². The minimum Gasteiger partial charge on any atom is -0.490 e. The van der Waals surface area contributed by atoms with E-state index in [2.05, 4.69) is 15.5 Å². The molecule has 0 aliphatic rings. The molecule has 1 aromatic heterocycles. The SMILES string of the molecule is CCOc1cc(/C=N\Nc2nc(-c3ccc(Cl)cc3)cs2)ccc1OC(=O)c1ccccc1. The maximum absolute atomic E-state index is 12.4. The molecule has 0 saturated heterocycles. The lowest BCUT2D eigenvalue weighted by Crippen LogP contribution is -2.09. The molecule has 0 spiro atoms. The number of ether oxygens (including phenoxy) is 2. The highest BCUT2D eigenvalue weighted by molar-refractivity contribution is 7.14. The van der Waals surface area contributed by atoms with E-state index in [0.29, 0.717) is 33.8 Å². The summed E-state index contributed by atoms with van der Waals surface area (Å²) in [7, 11) is 0. The van der Waals surface area contributed by atoms with E-state index in [1.807, 2.05) is 42.6 Å². The average Bonchev–Trinajstić information content (AvgIpc) is 3.31. The van der Waals surface area contributed by atoms with Crippen molar-refractivity contribution in [3.05, 3.63) is 94.3 Å². The Morgan fingerprint density at radius 3 is 2.64 bits per heavy atom. The Morgan fingerprint density at radius 1 is 1.09 bits per heavy atom. The molecule has 0 saturated carbocycles. The van der Waals surface area contributed by atoms with Crippen LogP contribution < -0.4 is 14.9 Å². The predicted molar refractivity (Wildman–Crippen MR) is 133 cm³/mol. The number of thiazole rings is 1. The highest BCUT2D eigenvalue weighted by Gasteiger charge is 2.13. The largest absolute Gasteiger partial charge is 0.490 e. The summed E-state index contributed by atoms with van der Waals surface area (Å²) in [6, 6.07) is 21.6. The fraction of sp³-hybridized carbons (Fsp3) is 0.0800. The molecule has 166 valence electrons. The van der Waals surface area contributed by atoms with Crippen molar-refractivity contribution >= 4 is 40.3 Å². The molecule has 6 nitrogen and oxygen atoms in total. The Balaban J connectivity index is 1.43. The molecule has 1 heterocycles. The topological polar surface area (TPSA) is 72.8 Å². The maximum atomic E-state index is 12.4. The number of hydrogen-bond acceptors (Lipinski definition) is 7. The van der Waals surface area contributed by atoms with E-state index in [1.165, 1.54) is 11.3 Å². The van der Waals surface area contributed by atoms with Gasteiger partial charge in [0.05, 0.1) is 24.1 Å². The van der Waals surface area contributed by atoms with Crippen LogP contribution in [0.2, 0.25) is 5.02 Å². The lowest BCUT2D eigenvalue weighted by Gasteiger charge is -2.11. The average molecular weight is 478 g/mol. The van der Waals surface area contributed by atoms with Gasteiger partial charge < -0.3 is 9.47 Å². The van der Waals surface area contributed by atoms with Gasteiger partial charge in [0.2, 0.25) is 5.13 Å². The standard InChI is InChI=1S/C25H20ClN3O3S/c1-2-31-23-14-17(8-13-22(23)32-24(30)19-6-4-3-5-7-19)15-27-29-25-28-21(16-33-25)18-9-11-20(26)12-10-18/h3-16H,2H2,1H3,(H,28,29)/b27-15-. The van der Waals surface area contributed by atoms with E-state index in [-0.39, 0.29) is 0 Å². The van der Waals surface area contributed by atoms with E-state index in [9.17, 15) is 4.79 Å². The zero-order chi connectivity index (χ0) is 23.0. The summed E-state index contributed by atoms with van der Waals surface area (Å²) in [5.41, 5.74) is 6.01. The molecule has 0 aliphatic heterocycles. The van der Waals surface area contributed by atoms with Crippen LogP contribution in [0.3, 0.4) is 0 Å². The minimum atomic E-state index is -0.445. The van der Waals surface area contributed by atoms with Gasteiger partial charge >= 0.3 is 5.97 Å². The summed E-state index contributed by atoms with van der Waals surface area (Å²) in [6.45, 7) is 2.30. The van der Waals surface area contributed by atoms with Gasteiger partial charge in [-0.1, -0.05) is 41.9 Å². The van der Waals surface area contributed by atoms with Crippen LogP contribution in [-0.4, -0.2) is 23.8 Å². The van der Waals surface area contributed by atoms with E-state index < -0.39 is 5.97 Å². The van der Waals surface area contributed by atoms with E-state index in [0.717, 1.165) is 16.8 Å². The maximum Gasteiger partial charge on any atom is 0.343 e. The Hall–Kier alpha value is -3.68. The second kappa shape index (κ2) is 10.8. The summed E-state index contributed by atoms with van der Waals surface area (Å²) >= 11 is 7.39. The van der Waals surface area contributed by atoms with Crippen LogP contribution in [0.4, 0.5) is 5.13 Å². The van der Waals surface area contributed by atoms with Crippen LogP contribution in [0.5, 0.6) is 11.5 Å². The second-order valence-electron chi connectivity index (χ2n) is 6.81. The molecule has 0 atom stereocenters. The van der Waals surface area contributed by atoms with Crippen molar-refractivity contribution in [3.8, 4) is 22.8 Å². The molecule has 8 heteroatoms. The first-order valence-corrected chi connectivity index (χ1v) is 11.4. The highest BCUT2D eigenvalue weighted by atomic mass is 35.5. The van der Waals surface area contributed by atoms with Gasteiger partial charge in [0.1, 0.15) is 0 Å². The van der Waals surface area contributed by atoms with E-state index >= 15 is 0 Å². The molecule has 4 rings (SSSR count). The number of anilines is 1. The third-order valence-corrected chi connectivity index (χ3v) is 5.50. The molecule has 0 bridgehead atoms. The first-order chi connectivity index (χ1) is 16.1. The normalized spacial score (nSPS) is 10.8. The van der Waals surface area contributed by atoms with Gasteiger partial charge in [-0.15, -0.1) is 11.3 Å². The zero-order valence-corrected chi connectivity index (χ0v) is 19.3. The van der Waals surface area contributed by atoms with Crippen molar-refractivity contribution < 1.29 is 14.3 Å². The molecular formula is C25H20ClN3O3S. The number of benzene rings is 3. The van der Waals surface area contributed by atoms with Gasteiger partial charge in [0.15, 0.2) is 11.5 Å². The number of hydrazone groups is 1. The molecule has 1 N–H and O–H groups in total. The highest BCUT2D eigenvalue weighted by Crippen LogP contribution is 2.29. The Morgan fingerprint density at radius 2 is 1.88 bits per heavy atom. The molecule has 0 amide bonds. The third-order valence-electron chi connectivity index (χ3n) is 4.50. The van der Waals surface area contributed by atoms with Crippen LogP contribution >= 0.6 is 22.9 Å². The monoisotopic (exact) mass is 477 g/mol. The summed E-state index contributed by atoms with van der Waals surface area (Å²) in [5.74, 6) is 0.369. The van der Waals surface area contributed by atoms with Gasteiger partial charge in [-0.2, -0.15) is 5.10 Å². The summed E-state index contributed by atoms with van der Waals surface area (Å²) < 4.78 is 11.2. The van der Waals surface area contributed by atoms with E-state index in [1.54, 1.807) is 48.7 Å². The number of hydrogen-bond donors (Lipinski definition) is 1. The fourth-order valence-corrected chi connectivity index (χ4v) is 3.73. The fourth-order valence-electron chi connectivity index (χ4n) is 2.93. The molecule has 3 aromatic carbocycles. The molecule has 0 radical (unpaired) electrons. The predicted octanol–water partition coefficient (Wildman–Crippen LogP) is 6.53. The van der Waals surface area contributed by atoms with Crippen LogP contribution in [0.15, 0.2) is 83.3 Å². The Bertz CT molecular complexity index is 1260. The number of esters is 1. The number of nitrogens with one attached hydrogen (secondary N) is 1. The molecular weight excluding hydrogens is 458 g/mol. The number of halogens is 1. The zero-order valence-electron chi connectivity index (χ0n) is 17.7. The molecule has 0 fully saturated rings. The van der Waals surface area contributed by atoms with Crippen LogP contribution in [0.1, 0.15) is 22.8 Å². The van der Waals surface area contributed by atoms with Crippen LogP contribution in [0, 0.1) is 0 Å². The first-order valence-electron chi connectivity index (χ1n) is 10.2. The van der Waals surface area contributed by atoms with Crippen LogP contribution in [-0.2, 0) is 0 Å². The van der Waals surface area contributed by atoms with E-state index in [4.69, 9.17) is 21.1 Å². The Kier molecular flexibility index (Phi) is 7.34. The number of carbonyl (C=O) groups is 1. The van der Waals surface area contributed by atoms with Crippen molar-refractivity contribution in [1.82, 2.24) is 4.98 Å². The summed E-state index contributed by atoms with van der Waals surface area (Å²) in [6.07, 6.45) is 1.65. The Labute approximate surface area is 200 Å². The van der Waals surface area contributed by atoms with Crippen molar-refractivity contribution in [2.75, 3.05) is 12.0 Å². The molecule has 0 aliphatic carbocycles. The lowest BCUT2D eigenvalue weighted by atomic mass is 10.2. The first kappa shape index (κ1) is 22.5. The number of aromatic nitrogens is 1. The van der Waals surface area contributed by atoms with Crippen LogP contribution in [0.25, 0.3) is 11.3 Å². The van der Waals surface area contributed by atoms with Crippen molar-refractivity contribution in [2.24, 2.45) is 5.10 Å². The van der Waals surface area contributed by atoms with Crippen molar-refractivity contribution in [3.63, 3.8) is 0 Å². The number of nitrogens with zero attached hydrogens (tertiary/aromatic N) is 2. The molecule has 4 aromatic rings. The number of carbonyl (C=O) groups excluding carboxylic acids is 1. The van der Waals surface area contributed by atoms with Crippen molar-refractivity contribution in [1.29, 1.82) is 0 Å².